The topological polar surface area (TPSA) is 95.5 Å². The minimum atomic E-state index is -1.23. The molecule has 1 aromatic rings. The lowest BCUT2D eigenvalue weighted by molar-refractivity contribution is -0.131. The van der Waals surface area contributed by atoms with E-state index >= 15 is 0 Å². The number of rotatable bonds is 5. The monoisotopic (exact) mass is 282 g/mol. The van der Waals surface area contributed by atoms with Crippen LogP contribution in [0.1, 0.15) is 28.6 Å². The third kappa shape index (κ3) is 5.35. The number of carbonyl (C=O) groups is 3. The minimum absolute atomic E-state index is 0.435. The molecule has 0 atom stereocenters. The maximum atomic E-state index is 11.6. The Morgan fingerprint density at radius 3 is 2.68 bits per heavy atom. The second kappa shape index (κ2) is 7.32. The Morgan fingerprint density at radius 2 is 2.05 bits per heavy atom. The molecule has 1 aromatic heterocycles. The average Bonchev–Trinajstić information content (AvgIpc) is 2.82. The van der Waals surface area contributed by atoms with Gasteiger partial charge in [0.05, 0.1) is 5.56 Å². The predicted octanol–water partition coefficient (Wildman–Crippen LogP) is 1.10. The molecule has 2 amide bonds. The van der Waals surface area contributed by atoms with Crippen molar-refractivity contribution in [2.45, 2.75) is 19.8 Å². The van der Waals surface area contributed by atoms with Gasteiger partial charge in [0.2, 0.25) is 0 Å². The summed E-state index contributed by atoms with van der Waals surface area (Å²) in [6.07, 6.45) is 3.41. The maximum Gasteiger partial charge on any atom is 0.328 e. The average molecular weight is 282 g/mol. The highest BCUT2D eigenvalue weighted by Crippen LogP contribution is 2.16. The van der Waals surface area contributed by atoms with E-state index in [4.69, 9.17) is 5.11 Å². The van der Waals surface area contributed by atoms with E-state index < -0.39 is 17.8 Å². The minimum Gasteiger partial charge on any atom is -0.478 e. The summed E-state index contributed by atoms with van der Waals surface area (Å²) in [4.78, 5) is 34.0. The number of nitrogens with one attached hydrogen (secondary N) is 2. The van der Waals surface area contributed by atoms with Crippen LogP contribution in [0.3, 0.4) is 0 Å². The SMILES string of the molecule is CCCc1cc(C(=O)NNC(=O)/C=C\C(=O)O)cs1. The molecule has 3 N–H and O–H groups in total. The molecule has 0 aliphatic rings. The zero-order valence-corrected chi connectivity index (χ0v) is 11.1. The summed E-state index contributed by atoms with van der Waals surface area (Å²) in [5.74, 6) is -2.38. The third-order valence-corrected chi connectivity index (χ3v) is 3.09. The van der Waals surface area contributed by atoms with Gasteiger partial charge in [-0.1, -0.05) is 13.3 Å². The van der Waals surface area contributed by atoms with Crippen LogP contribution in [-0.4, -0.2) is 22.9 Å². The Bertz CT molecular complexity index is 508. The maximum absolute atomic E-state index is 11.6. The molecule has 19 heavy (non-hydrogen) atoms. The van der Waals surface area contributed by atoms with Crippen molar-refractivity contribution < 1.29 is 19.5 Å². The van der Waals surface area contributed by atoms with Crippen molar-refractivity contribution >= 4 is 29.1 Å². The van der Waals surface area contributed by atoms with Gasteiger partial charge in [-0.15, -0.1) is 11.3 Å². The van der Waals surface area contributed by atoms with Crippen LogP contribution in [0.5, 0.6) is 0 Å². The number of carboxylic acids is 1. The normalized spacial score (nSPS) is 10.4. The van der Waals surface area contributed by atoms with E-state index in [1.54, 1.807) is 11.4 Å². The third-order valence-electron chi connectivity index (χ3n) is 2.09. The molecule has 0 unspecified atom stereocenters. The van der Waals surface area contributed by atoms with E-state index in [1.165, 1.54) is 11.3 Å². The molecule has 7 heteroatoms. The van der Waals surface area contributed by atoms with Gasteiger partial charge in [-0.2, -0.15) is 0 Å². The van der Waals surface area contributed by atoms with Crippen LogP contribution in [0, 0.1) is 0 Å². The predicted molar refractivity (Wildman–Crippen MR) is 70.7 cm³/mol. The number of aryl methyl sites for hydroxylation is 1. The number of carbonyl (C=O) groups excluding carboxylic acids is 2. The Kier molecular flexibility index (Phi) is 5.74. The molecular weight excluding hydrogens is 268 g/mol. The van der Waals surface area contributed by atoms with Crippen molar-refractivity contribution in [3.63, 3.8) is 0 Å². The Hall–Kier alpha value is -2.15. The van der Waals surface area contributed by atoms with Crippen molar-refractivity contribution in [1.29, 1.82) is 0 Å². The van der Waals surface area contributed by atoms with Gasteiger partial charge in [0.1, 0.15) is 0 Å². The van der Waals surface area contributed by atoms with Crippen molar-refractivity contribution in [3.8, 4) is 0 Å². The standard InChI is InChI=1S/C12H14N2O4S/c1-2-3-9-6-8(7-19-9)12(18)14-13-10(15)4-5-11(16)17/h4-7H,2-3H2,1H3,(H,13,15)(H,14,18)(H,16,17)/b5-4-. The van der Waals surface area contributed by atoms with Crippen molar-refractivity contribution in [2.24, 2.45) is 0 Å². The molecule has 1 heterocycles. The first-order chi connectivity index (χ1) is 9.02. The Balaban J connectivity index is 2.46. The summed E-state index contributed by atoms with van der Waals surface area (Å²) in [5.41, 5.74) is 4.76. The van der Waals surface area contributed by atoms with Crippen LogP contribution in [0.4, 0.5) is 0 Å². The van der Waals surface area contributed by atoms with Gasteiger partial charge in [0.25, 0.3) is 11.8 Å². The zero-order chi connectivity index (χ0) is 14.3. The van der Waals surface area contributed by atoms with Gasteiger partial charge in [0, 0.05) is 22.4 Å². The number of hydrogen-bond acceptors (Lipinski definition) is 4. The Labute approximate surface area is 114 Å². The number of hydrogen-bond donors (Lipinski definition) is 3. The molecule has 0 aliphatic carbocycles. The van der Waals surface area contributed by atoms with Gasteiger partial charge in [-0.05, 0) is 12.5 Å². The number of amides is 2. The van der Waals surface area contributed by atoms with E-state index in [2.05, 4.69) is 17.8 Å². The summed E-state index contributed by atoms with van der Waals surface area (Å²) in [7, 11) is 0. The molecule has 0 radical (unpaired) electrons. The summed E-state index contributed by atoms with van der Waals surface area (Å²) < 4.78 is 0. The molecule has 102 valence electrons. The lowest BCUT2D eigenvalue weighted by Gasteiger charge is -2.02. The van der Waals surface area contributed by atoms with Gasteiger partial charge in [-0.25, -0.2) is 4.79 Å². The first-order valence-electron chi connectivity index (χ1n) is 5.61. The summed E-state index contributed by atoms with van der Waals surface area (Å²) in [6.45, 7) is 2.05. The van der Waals surface area contributed by atoms with Crippen LogP contribution >= 0.6 is 11.3 Å². The summed E-state index contributed by atoms with van der Waals surface area (Å²) in [5, 5.41) is 10.0. The molecule has 0 spiro atoms. The fraction of sp³-hybridized carbons (Fsp3) is 0.250. The quantitative estimate of drug-likeness (QED) is 0.556. The van der Waals surface area contributed by atoms with Crippen LogP contribution in [-0.2, 0) is 16.0 Å². The Morgan fingerprint density at radius 1 is 1.32 bits per heavy atom. The van der Waals surface area contributed by atoms with E-state index in [-0.39, 0.29) is 0 Å². The van der Waals surface area contributed by atoms with Crippen LogP contribution in [0.25, 0.3) is 0 Å². The molecule has 0 saturated carbocycles. The van der Waals surface area contributed by atoms with Crippen LogP contribution in [0.2, 0.25) is 0 Å². The highest BCUT2D eigenvalue weighted by Gasteiger charge is 2.08. The molecule has 0 saturated heterocycles. The van der Waals surface area contributed by atoms with E-state index in [0.29, 0.717) is 11.6 Å². The molecule has 6 nitrogen and oxygen atoms in total. The lowest BCUT2D eigenvalue weighted by Crippen LogP contribution is -2.40. The highest BCUT2D eigenvalue weighted by molar-refractivity contribution is 7.10. The number of thiophene rings is 1. The molecule has 1 rings (SSSR count). The van der Waals surface area contributed by atoms with E-state index in [9.17, 15) is 14.4 Å². The lowest BCUT2D eigenvalue weighted by atomic mass is 10.2. The number of hydrazine groups is 1. The van der Waals surface area contributed by atoms with Gasteiger partial charge in [-0.3, -0.25) is 20.4 Å². The number of carboxylic acid groups (broad SMARTS) is 1. The second-order valence-corrected chi connectivity index (χ2v) is 4.66. The number of aliphatic carboxylic acids is 1. The molecule has 0 fully saturated rings. The van der Waals surface area contributed by atoms with Crippen molar-refractivity contribution in [1.82, 2.24) is 10.9 Å². The smallest absolute Gasteiger partial charge is 0.328 e. The van der Waals surface area contributed by atoms with E-state index in [0.717, 1.165) is 23.8 Å². The molecule has 0 bridgehead atoms. The highest BCUT2D eigenvalue weighted by atomic mass is 32.1. The van der Waals surface area contributed by atoms with Crippen molar-refractivity contribution in [2.75, 3.05) is 0 Å². The largest absolute Gasteiger partial charge is 0.478 e. The van der Waals surface area contributed by atoms with Gasteiger partial charge >= 0.3 is 5.97 Å². The molecular formula is C12H14N2O4S. The zero-order valence-electron chi connectivity index (χ0n) is 10.3. The fourth-order valence-corrected chi connectivity index (χ4v) is 2.23. The van der Waals surface area contributed by atoms with Crippen molar-refractivity contribution in [3.05, 3.63) is 34.0 Å². The molecule has 0 aromatic carbocycles. The first-order valence-corrected chi connectivity index (χ1v) is 6.49. The first kappa shape index (κ1) is 14.9. The fourth-order valence-electron chi connectivity index (χ4n) is 1.26. The summed E-state index contributed by atoms with van der Waals surface area (Å²) >= 11 is 1.49. The van der Waals surface area contributed by atoms with Crippen LogP contribution < -0.4 is 10.9 Å². The van der Waals surface area contributed by atoms with Gasteiger partial charge in [0.15, 0.2) is 0 Å². The van der Waals surface area contributed by atoms with Crippen LogP contribution in [0.15, 0.2) is 23.6 Å². The summed E-state index contributed by atoms with van der Waals surface area (Å²) in [6, 6.07) is 1.77. The van der Waals surface area contributed by atoms with E-state index in [1.807, 2.05) is 0 Å². The second-order valence-electron chi connectivity index (χ2n) is 3.67. The molecule has 0 aliphatic heterocycles. The van der Waals surface area contributed by atoms with Gasteiger partial charge < -0.3 is 5.11 Å².